The fraction of sp³-hybridized carbons (Fsp3) is 0.200. The molecule has 66 valence electrons. The van der Waals surface area contributed by atoms with Gasteiger partial charge < -0.3 is 0 Å². The molecule has 0 aliphatic heterocycles. The molecule has 0 amide bonds. The van der Waals surface area contributed by atoms with Crippen LogP contribution in [0, 0.1) is 0 Å². The molecule has 0 aliphatic rings. The van der Waals surface area contributed by atoms with Gasteiger partial charge in [-0.15, -0.1) is 0 Å². The molecule has 1 aromatic carbocycles. The van der Waals surface area contributed by atoms with Gasteiger partial charge in [-0.2, -0.15) is 12.6 Å². The number of para-hydroxylation sites is 2. The Morgan fingerprint density at radius 1 is 1.15 bits per heavy atom. The SMILES string of the molecule is SCCc1cnc2ccccc2n1. The van der Waals surface area contributed by atoms with E-state index in [1.807, 2.05) is 30.5 Å². The van der Waals surface area contributed by atoms with Crippen LogP contribution < -0.4 is 0 Å². The summed E-state index contributed by atoms with van der Waals surface area (Å²) < 4.78 is 0. The fourth-order valence-corrected chi connectivity index (χ4v) is 1.46. The number of aromatic nitrogens is 2. The molecule has 0 bridgehead atoms. The largest absolute Gasteiger partial charge is 0.253 e. The third-order valence-electron chi connectivity index (χ3n) is 1.87. The van der Waals surface area contributed by atoms with Crippen molar-refractivity contribution < 1.29 is 0 Å². The van der Waals surface area contributed by atoms with E-state index < -0.39 is 0 Å². The van der Waals surface area contributed by atoms with Crippen LogP contribution in [0.5, 0.6) is 0 Å². The van der Waals surface area contributed by atoms with Crippen LogP contribution in [0.3, 0.4) is 0 Å². The Kier molecular flexibility index (Phi) is 2.45. The molecule has 0 spiro atoms. The maximum Gasteiger partial charge on any atom is 0.0890 e. The van der Waals surface area contributed by atoms with Crippen LogP contribution in [0.15, 0.2) is 30.5 Å². The highest BCUT2D eigenvalue weighted by atomic mass is 32.1. The molecule has 0 atom stereocenters. The summed E-state index contributed by atoms with van der Waals surface area (Å²) in [6.45, 7) is 0. The highest BCUT2D eigenvalue weighted by molar-refractivity contribution is 7.80. The van der Waals surface area contributed by atoms with E-state index in [9.17, 15) is 0 Å². The summed E-state index contributed by atoms with van der Waals surface area (Å²) in [6.07, 6.45) is 2.69. The average Bonchev–Trinajstić information content (AvgIpc) is 2.18. The Hall–Kier alpha value is -1.09. The molecular weight excluding hydrogens is 180 g/mol. The van der Waals surface area contributed by atoms with E-state index in [0.29, 0.717) is 0 Å². The van der Waals surface area contributed by atoms with Crippen molar-refractivity contribution in [3.05, 3.63) is 36.2 Å². The minimum absolute atomic E-state index is 0.813. The summed E-state index contributed by atoms with van der Waals surface area (Å²) in [5.74, 6) is 0.813. The average molecular weight is 190 g/mol. The maximum atomic E-state index is 4.45. The molecule has 2 nitrogen and oxygen atoms in total. The number of thiol groups is 1. The van der Waals surface area contributed by atoms with Gasteiger partial charge in [0.1, 0.15) is 0 Å². The Labute approximate surface area is 82.4 Å². The monoisotopic (exact) mass is 190 g/mol. The predicted octanol–water partition coefficient (Wildman–Crippen LogP) is 2.10. The topological polar surface area (TPSA) is 25.8 Å². The summed E-state index contributed by atoms with van der Waals surface area (Å²) in [6, 6.07) is 7.88. The standard InChI is InChI=1S/C10H10N2S/c13-6-5-8-7-11-9-3-1-2-4-10(9)12-8/h1-4,7,13H,5-6H2. The van der Waals surface area contributed by atoms with E-state index in [2.05, 4.69) is 22.6 Å². The van der Waals surface area contributed by atoms with Crippen LogP contribution in [0.1, 0.15) is 5.69 Å². The first-order chi connectivity index (χ1) is 6.40. The maximum absolute atomic E-state index is 4.45. The van der Waals surface area contributed by atoms with Gasteiger partial charge in [0.25, 0.3) is 0 Å². The van der Waals surface area contributed by atoms with Gasteiger partial charge in [-0.25, -0.2) is 4.98 Å². The predicted molar refractivity (Wildman–Crippen MR) is 57.1 cm³/mol. The number of fused-ring (bicyclic) bond motifs is 1. The van der Waals surface area contributed by atoms with Crippen LogP contribution in [0.25, 0.3) is 11.0 Å². The zero-order valence-corrected chi connectivity index (χ0v) is 8.04. The van der Waals surface area contributed by atoms with E-state index in [-0.39, 0.29) is 0 Å². The lowest BCUT2D eigenvalue weighted by atomic mass is 10.3. The summed E-state index contributed by atoms with van der Waals surface area (Å²) in [5.41, 5.74) is 2.92. The molecule has 2 rings (SSSR count). The van der Waals surface area contributed by atoms with E-state index in [1.54, 1.807) is 0 Å². The summed E-state index contributed by atoms with van der Waals surface area (Å²) in [7, 11) is 0. The second-order valence-electron chi connectivity index (χ2n) is 2.82. The van der Waals surface area contributed by atoms with Crippen LogP contribution in [-0.2, 0) is 6.42 Å². The van der Waals surface area contributed by atoms with Gasteiger partial charge in [0.2, 0.25) is 0 Å². The summed E-state index contributed by atoms with van der Waals surface area (Å²) >= 11 is 4.16. The number of nitrogens with zero attached hydrogens (tertiary/aromatic N) is 2. The molecule has 2 aromatic rings. The van der Waals surface area contributed by atoms with Crippen molar-refractivity contribution in [1.29, 1.82) is 0 Å². The quantitative estimate of drug-likeness (QED) is 0.734. The van der Waals surface area contributed by atoms with Gasteiger partial charge in [-0.3, -0.25) is 4.98 Å². The van der Waals surface area contributed by atoms with Gasteiger partial charge in [0.15, 0.2) is 0 Å². The minimum Gasteiger partial charge on any atom is -0.253 e. The lowest BCUT2D eigenvalue weighted by Gasteiger charge is -1.99. The number of hydrogen-bond acceptors (Lipinski definition) is 3. The van der Waals surface area contributed by atoms with Crippen molar-refractivity contribution in [3.8, 4) is 0 Å². The molecular formula is C10H10N2S. The molecule has 0 fully saturated rings. The Morgan fingerprint density at radius 3 is 2.69 bits per heavy atom. The van der Waals surface area contributed by atoms with E-state index in [0.717, 1.165) is 28.9 Å². The van der Waals surface area contributed by atoms with Crippen molar-refractivity contribution in [3.63, 3.8) is 0 Å². The number of aryl methyl sites for hydroxylation is 1. The zero-order valence-electron chi connectivity index (χ0n) is 7.14. The van der Waals surface area contributed by atoms with Crippen LogP contribution in [0.4, 0.5) is 0 Å². The van der Waals surface area contributed by atoms with Crippen molar-refractivity contribution in [2.75, 3.05) is 5.75 Å². The third-order valence-corrected chi connectivity index (χ3v) is 2.09. The molecule has 0 radical (unpaired) electrons. The highest BCUT2D eigenvalue weighted by Crippen LogP contribution is 2.08. The molecule has 0 unspecified atom stereocenters. The number of benzene rings is 1. The first-order valence-corrected chi connectivity index (χ1v) is 4.85. The highest BCUT2D eigenvalue weighted by Gasteiger charge is 1.97. The van der Waals surface area contributed by atoms with Crippen molar-refractivity contribution in [2.24, 2.45) is 0 Å². The van der Waals surface area contributed by atoms with Gasteiger partial charge in [-0.1, -0.05) is 12.1 Å². The third kappa shape index (κ3) is 1.80. The second-order valence-corrected chi connectivity index (χ2v) is 3.27. The van der Waals surface area contributed by atoms with Gasteiger partial charge >= 0.3 is 0 Å². The van der Waals surface area contributed by atoms with Crippen LogP contribution in [0.2, 0.25) is 0 Å². The summed E-state index contributed by atoms with van der Waals surface area (Å²) in [4.78, 5) is 8.76. The molecule has 1 heterocycles. The van der Waals surface area contributed by atoms with Gasteiger partial charge in [-0.05, 0) is 17.9 Å². The smallest absolute Gasteiger partial charge is 0.0890 e. The number of hydrogen-bond donors (Lipinski definition) is 1. The van der Waals surface area contributed by atoms with Crippen molar-refractivity contribution >= 4 is 23.7 Å². The summed E-state index contributed by atoms with van der Waals surface area (Å²) in [5, 5.41) is 0. The minimum atomic E-state index is 0.813. The molecule has 0 aliphatic carbocycles. The van der Waals surface area contributed by atoms with Crippen LogP contribution in [-0.4, -0.2) is 15.7 Å². The number of rotatable bonds is 2. The van der Waals surface area contributed by atoms with E-state index >= 15 is 0 Å². The first kappa shape index (κ1) is 8.51. The molecule has 1 aromatic heterocycles. The lowest BCUT2D eigenvalue weighted by Crippen LogP contribution is -1.93. The lowest BCUT2D eigenvalue weighted by molar-refractivity contribution is 1.04. The first-order valence-electron chi connectivity index (χ1n) is 4.21. The Bertz CT molecular complexity index is 414. The molecule has 13 heavy (non-hydrogen) atoms. The van der Waals surface area contributed by atoms with Crippen molar-refractivity contribution in [1.82, 2.24) is 9.97 Å². The Morgan fingerprint density at radius 2 is 1.92 bits per heavy atom. The molecule has 0 N–H and O–H groups in total. The molecule has 0 saturated heterocycles. The molecule has 0 saturated carbocycles. The van der Waals surface area contributed by atoms with Gasteiger partial charge in [0, 0.05) is 12.6 Å². The van der Waals surface area contributed by atoms with Crippen molar-refractivity contribution in [2.45, 2.75) is 6.42 Å². The second kappa shape index (κ2) is 3.75. The van der Waals surface area contributed by atoms with Crippen LogP contribution >= 0.6 is 12.6 Å². The fourth-order valence-electron chi connectivity index (χ4n) is 1.23. The van der Waals surface area contributed by atoms with Gasteiger partial charge in [0.05, 0.1) is 16.7 Å². The van der Waals surface area contributed by atoms with E-state index in [4.69, 9.17) is 0 Å². The molecule has 3 heteroatoms. The Balaban J connectivity index is 2.49. The zero-order chi connectivity index (χ0) is 9.10. The van der Waals surface area contributed by atoms with E-state index in [1.165, 1.54) is 0 Å². The normalized spacial score (nSPS) is 10.5.